The average molecular weight is 334 g/mol. The number of hydrogen-bond donors (Lipinski definition) is 0. The Balaban J connectivity index is 2.75. The Hall–Kier alpha value is -0.680. The Kier molecular flexibility index (Phi) is 8.33. The van der Waals surface area contributed by atoms with Crippen LogP contribution in [0.3, 0.4) is 0 Å². The number of carbonyl (C=O) groups is 1. The molecule has 1 aliphatic rings. The molecule has 0 aromatic carbocycles. The quantitative estimate of drug-likeness (QED) is 0.365. The van der Waals surface area contributed by atoms with Crippen molar-refractivity contribution in [3.05, 3.63) is 12.2 Å². The van der Waals surface area contributed by atoms with E-state index in [2.05, 4.69) is 6.58 Å². The van der Waals surface area contributed by atoms with Gasteiger partial charge in [0.15, 0.2) is 5.85 Å². The van der Waals surface area contributed by atoms with Crippen LogP contribution in [0.1, 0.15) is 39.0 Å². The van der Waals surface area contributed by atoms with Crippen LogP contribution in [0.2, 0.25) is 0 Å². The van der Waals surface area contributed by atoms with Crippen molar-refractivity contribution < 1.29 is 27.9 Å². The zero-order chi connectivity index (χ0) is 16.6. The summed E-state index contributed by atoms with van der Waals surface area (Å²) in [5.41, 5.74) is 0.196. The summed E-state index contributed by atoms with van der Waals surface area (Å²) in [5.74, 6) is -1.10. The lowest BCUT2D eigenvalue weighted by atomic mass is 9.90. The second-order valence-electron chi connectivity index (χ2n) is 5.33. The maximum absolute atomic E-state index is 12.7. The zero-order valence-electron chi connectivity index (χ0n) is 13.7. The van der Waals surface area contributed by atoms with Gasteiger partial charge in [-0.1, -0.05) is 25.8 Å². The van der Waals surface area contributed by atoms with Gasteiger partial charge in [0.2, 0.25) is 0 Å². The standard InChI is InChI=1S/C15H27O6P/c1-5-20-14(16)12(2)11-21-15(22(17,18-3)19-4)13-9-7-6-8-10-13/h13,15H,2,5-11H2,1,3-4H3. The summed E-state index contributed by atoms with van der Waals surface area (Å²) < 4.78 is 33.6. The molecule has 1 atom stereocenters. The molecule has 0 aromatic heterocycles. The highest BCUT2D eigenvalue weighted by Gasteiger charge is 2.41. The molecule has 0 spiro atoms. The first-order valence-electron chi connectivity index (χ1n) is 7.66. The van der Waals surface area contributed by atoms with Crippen LogP contribution in [0, 0.1) is 5.92 Å². The summed E-state index contributed by atoms with van der Waals surface area (Å²) in [6.45, 7) is 5.61. The van der Waals surface area contributed by atoms with E-state index >= 15 is 0 Å². The molecule has 0 aliphatic heterocycles. The Morgan fingerprint density at radius 1 is 1.23 bits per heavy atom. The third kappa shape index (κ3) is 5.20. The van der Waals surface area contributed by atoms with E-state index in [1.807, 2.05) is 0 Å². The van der Waals surface area contributed by atoms with Crippen molar-refractivity contribution in [3.63, 3.8) is 0 Å². The second-order valence-corrected chi connectivity index (χ2v) is 7.65. The molecule has 0 aromatic rings. The third-order valence-electron chi connectivity index (χ3n) is 3.87. The first-order valence-corrected chi connectivity index (χ1v) is 9.27. The van der Waals surface area contributed by atoms with Crippen molar-refractivity contribution >= 4 is 13.6 Å². The molecule has 1 aliphatic carbocycles. The Morgan fingerprint density at radius 2 is 1.82 bits per heavy atom. The summed E-state index contributed by atoms with van der Waals surface area (Å²) in [4.78, 5) is 11.6. The van der Waals surface area contributed by atoms with Crippen molar-refractivity contribution in [3.8, 4) is 0 Å². The normalized spacial score (nSPS) is 18.0. The highest BCUT2D eigenvalue weighted by Crippen LogP contribution is 2.56. The van der Waals surface area contributed by atoms with E-state index in [0.717, 1.165) is 25.7 Å². The fourth-order valence-corrected chi connectivity index (χ4v) is 4.30. The van der Waals surface area contributed by atoms with Gasteiger partial charge in [-0.25, -0.2) is 4.79 Å². The molecule has 0 N–H and O–H groups in total. The van der Waals surface area contributed by atoms with Gasteiger partial charge in [0.1, 0.15) is 0 Å². The van der Waals surface area contributed by atoms with Gasteiger partial charge in [0.05, 0.1) is 18.8 Å². The van der Waals surface area contributed by atoms with Crippen LogP contribution >= 0.6 is 7.60 Å². The number of esters is 1. The van der Waals surface area contributed by atoms with E-state index < -0.39 is 19.4 Å². The van der Waals surface area contributed by atoms with Crippen molar-refractivity contribution in [2.24, 2.45) is 5.92 Å². The molecule has 1 saturated carbocycles. The lowest BCUT2D eigenvalue weighted by Crippen LogP contribution is -2.29. The van der Waals surface area contributed by atoms with E-state index in [4.69, 9.17) is 18.5 Å². The van der Waals surface area contributed by atoms with Crippen molar-refractivity contribution in [2.75, 3.05) is 27.4 Å². The molecule has 128 valence electrons. The molecular weight excluding hydrogens is 307 g/mol. The van der Waals surface area contributed by atoms with Crippen LogP contribution < -0.4 is 0 Å². The maximum Gasteiger partial charge on any atom is 0.358 e. The fourth-order valence-electron chi connectivity index (χ4n) is 2.67. The molecule has 0 saturated heterocycles. The van der Waals surface area contributed by atoms with E-state index in [1.165, 1.54) is 20.6 Å². The van der Waals surface area contributed by atoms with Crippen molar-refractivity contribution in [1.82, 2.24) is 0 Å². The monoisotopic (exact) mass is 334 g/mol. The largest absolute Gasteiger partial charge is 0.463 e. The molecule has 0 amide bonds. The van der Waals surface area contributed by atoms with Crippen LogP contribution in [0.25, 0.3) is 0 Å². The molecule has 1 unspecified atom stereocenters. The Bertz CT molecular complexity index is 408. The molecule has 1 rings (SSSR count). The van der Waals surface area contributed by atoms with Crippen LogP contribution in [0.4, 0.5) is 0 Å². The topological polar surface area (TPSA) is 71.1 Å². The number of hydrogen-bond acceptors (Lipinski definition) is 6. The predicted octanol–water partition coefficient (Wildman–Crippen LogP) is 3.51. The highest BCUT2D eigenvalue weighted by molar-refractivity contribution is 7.54. The van der Waals surface area contributed by atoms with Crippen LogP contribution in [-0.2, 0) is 27.9 Å². The average Bonchev–Trinajstić information content (AvgIpc) is 2.55. The minimum Gasteiger partial charge on any atom is -0.463 e. The van der Waals surface area contributed by atoms with Crippen molar-refractivity contribution in [1.29, 1.82) is 0 Å². The van der Waals surface area contributed by atoms with E-state index in [-0.39, 0.29) is 24.7 Å². The summed E-state index contributed by atoms with van der Waals surface area (Å²) in [7, 11) is -0.675. The van der Waals surface area contributed by atoms with E-state index in [9.17, 15) is 9.36 Å². The van der Waals surface area contributed by atoms with E-state index in [1.54, 1.807) is 6.92 Å². The molecule has 6 nitrogen and oxygen atoms in total. The van der Waals surface area contributed by atoms with E-state index in [0.29, 0.717) is 0 Å². The van der Waals surface area contributed by atoms with Crippen LogP contribution in [0.15, 0.2) is 12.2 Å². The molecule has 22 heavy (non-hydrogen) atoms. The minimum atomic E-state index is -3.38. The van der Waals surface area contributed by atoms with Gasteiger partial charge in [0.25, 0.3) is 0 Å². The lowest BCUT2D eigenvalue weighted by Gasteiger charge is -2.33. The fraction of sp³-hybridized carbons (Fsp3) is 0.800. The Morgan fingerprint density at radius 3 is 2.32 bits per heavy atom. The maximum atomic E-state index is 12.7. The Labute approximate surface area is 132 Å². The second kappa shape index (κ2) is 9.46. The number of carbonyl (C=O) groups excluding carboxylic acids is 1. The van der Waals surface area contributed by atoms with Gasteiger partial charge >= 0.3 is 13.6 Å². The predicted molar refractivity (Wildman–Crippen MR) is 83.7 cm³/mol. The van der Waals surface area contributed by atoms with Gasteiger partial charge in [0, 0.05) is 14.2 Å². The zero-order valence-corrected chi connectivity index (χ0v) is 14.6. The summed E-state index contributed by atoms with van der Waals surface area (Å²) in [5, 5.41) is 0. The molecule has 0 heterocycles. The van der Waals surface area contributed by atoms with Gasteiger partial charge in [-0.05, 0) is 25.7 Å². The van der Waals surface area contributed by atoms with Gasteiger partial charge in [-0.2, -0.15) is 0 Å². The SMILES string of the molecule is C=C(COC(C1CCCCC1)P(=O)(OC)OC)C(=O)OCC. The molecule has 0 radical (unpaired) electrons. The first-order chi connectivity index (χ1) is 10.5. The number of ether oxygens (including phenoxy) is 2. The summed E-state index contributed by atoms with van der Waals surface area (Å²) in [6, 6.07) is 0. The smallest absolute Gasteiger partial charge is 0.358 e. The van der Waals surface area contributed by atoms with Gasteiger partial charge in [-0.3, -0.25) is 4.57 Å². The lowest BCUT2D eigenvalue weighted by molar-refractivity contribution is -0.139. The van der Waals surface area contributed by atoms with Crippen molar-refractivity contribution in [2.45, 2.75) is 44.9 Å². The molecule has 0 bridgehead atoms. The van der Waals surface area contributed by atoms with Gasteiger partial charge < -0.3 is 18.5 Å². The minimum absolute atomic E-state index is 0.0449. The highest BCUT2D eigenvalue weighted by atomic mass is 31.2. The third-order valence-corrected chi connectivity index (χ3v) is 6.08. The summed E-state index contributed by atoms with van der Waals surface area (Å²) >= 11 is 0. The van der Waals surface area contributed by atoms with Crippen LogP contribution in [-0.4, -0.2) is 39.2 Å². The molecular formula is C15H27O6P. The van der Waals surface area contributed by atoms with Crippen LogP contribution in [0.5, 0.6) is 0 Å². The molecule has 1 fully saturated rings. The summed E-state index contributed by atoms with van der Waals surface area (Å²) in [6.07, 6.45) is 5.12. The van der Waals surface area contributed by atoms with Gasteiger partial charge in [-0.15, -0.1) is 0 Å². The first kappa shape index (κ1) is 19.4. The molecule has 7 heteroatoms. The number of rotatable bonds is 9.